The first kappa shape index (κ1) is 21.3. The molecule has 2 amide bonds. The standard InChI is InChI=1S/C21H30N4O4S/c1-21(2)20(27)22-9-13-23(21)15-19(26)25-12-5-6-16-14-17(7-8-18(16)25)30(28,29)24-10-3-4-11-24/h7-8,14H,3-6,9-13,15H2,1-2H3,(H,22,27). The molecule has 2 fully saturated rings. The van der Waals surface area contributed by atoms with E-state index in [2.05, 4.69) is 5.32 Å². The molecule has 0 atom stereocenters. The van der Waals surface area contributed by atoms with Crippen LogP contribution in [0.2, 0.25) is 0 Å². The summed E-state index contributed by atoms with van der Waals surface area (Å²) < 4.78 is 27.3. The van der Waals surface area contributed by atoms with Gasteiger partial charge in [-0.25, -0.2) is 8.42 Å². The summed E-state index contributed by atoms with van der Waals surface area (Å²) in [6.45, 7) is 6.72. The third-order valence-electron chi connectivity index (χ3n) is 6.51. The Balaban J connectivity index is 1.55. The highest BCUT2D eigenvalue weighted by Gasteiger charge is 2.39. The molecule has 2 saturated heterocycles. The minimum absolute atomic E-state index is 0.0612. The van der Waals surface area contributed by atoms with Crippen LogP contribution < -0.4 is 10.2 Å². The summed E-state index contributed by atoms with van der Waals surface area (Å²) >= 11 is 0. The smallest absolute Gasteiger partial charge is 0.243 e. The molecule has 3 aliphatic rings. The highest BCUT2D eigenvalue weighted by Crippen LogP contribution is 2.32. The van der Waals surface area contributed by atoms with Gasteiger partial charge >= 0.3 is 0 Å². The van der Waals surface area contributed by atoms with Crippen LogP contribution in [0.25, 0.3) is 0 Å². The molecule has 1 N–H and O–H groups in total. The van der Waals surface area contributed by atoms with E-state index < -0.39 is 15.6 Å². The van der Waals surface area contributed by atoms with Gasteiger partial charge in [-0.05, 0) is 63.3 Å². The Morgan fingerprint density at radius 2 is 1.83 bits per heavy atom. The van der Waals surface area contributed by atoms with Crippen LogP contribution in [0.3, 0.4) is 0 Å². The molecule has 0 radical (unpaired) electrons. The van der Waals surface area contributed by atoms with Gasteiger partial charge in [0.25, 0.3) is 0 Å². The van der Waals surface area contributed by atoms with E-state index in [0.29, 0.717) is 37.6 Å². The number of carbonyl (C=O) groups excluding carboxylic acids is 2. The maximum absolute atomic E-state index is 13.1. The van der Waals surface area contributed by atoms with Gasteiger partial charge in [0.15, 0.2) is 0 Å². The van der Waals surface area contributed by atoms with Crippen LogP contribution in [-0.2, 0) is 26.0 Å². The Labute approximate surface area is 178 Å². The molecule has 164 valence electrons. The number of benzene rings is 1. The van der Waals surface area contributed by atoms with Crippen molar-refractivity contribution < 1.29 is 18.0 Å². The molecule has 3 heterocycles. The van der Waals surface area contributed by atoms with Crippen LogP contribution in [0.15, 0.2) is 23.1 Å². The van der Waals surface area contributed by atoms with E-state index in [1.807, 2.05) is 18.7 Å². The number of amides is 2. The molecule has 30 heavy (non-hydrogen) atoms. The molecule has 1 aromatic carbocycles. The second kappa shape index (κ2) is 7.94. The van der Waals surface area contributed by atoms with Crippen LogP contribution in [0, 0.1) is 0 Å². The highest BCUT2D eigenvalue weighted by atomic mass is 32.2. The fourth-order valence-corrected chi connectivity index (χ4v) is 6.11. The van der Waals surface area contributed by atoms with Gasteiger partial charge in [-0.3, -0.25) is 14.5 Å². The van der Waals surface area contributed by atoms with Gasteiger partial charge in [0.05, 0.1) is 17.0 Å². The van der Waals surface area contributed by atoms with Gasteiger partial charge in [-0.1, -0.05) is 0 Å². The summed E-state index contributed by atoms with van der Waals surface area (Å²) in [5.74, 6) is -0.133. The summed E-state index contributed by atoms with van der Waals surface area (Å²) in [6, 6.07) is 5.13. The van der Waals surface area contributed by atoms with Crippen LogP contribution in [-0.4, -0.2) is 74.2 Å². The van der Waals surface area contributed by atoms with E-state index in [1.54, 1.807) is 27.4 Å². The molecule has 0 bridgehead atoms. The lowest BCUT2D eigenvalue weighted by atomic mass is 9.98. The zero-order valence-electron chi connectivity index (χ0n) is 17.7. The van der Waals surface area contributed by atoms with Gasteiger partial charge in [0.1, 0.15) is 0 Å². The van der Waals surface area contributed by atoms with E-state index in [-0.39, 0.29) is 18.4 Å². The van der Waals surface area contributed by atoms with E-state index in [9.17, 15) is 18.0 Å². The summed E-state index contributed by atoms with van der Waals surface area (Å²) in [7, 11) is -3.48. The molecule has 3 aliphatic heterocycles. The maximum atomic E-state index is 13.1. The average molecular weight is 435 g/mol. The van der Waals surface area contributed by atoms with Crippen LogP contribution in [0.5, 0.6) is 0 Å². The lowest BCUT2D eigenvalue weighted by Crippen LogP contribution is -2.63. The van der Waals surface area contributed by atoms with Gasteiger partial charge in [0.2, 0.25) is 21.8 Å². The number of sulfonamides is 1. The third-order valence-corrected chi connectivity index (χ3v) is 8.41. The lowest BCUT2D eigenvalue weighted by Gasteiger charge is -2.42. The van der Waals surface area contributed by atoms with Crippen molar-refractivity contribution in [2.75, 3.05) is 44.2 Å². The predicted octanol–water partition coefficient (Wildman–Crippen LogP) is 0.961. The Bertz CT molecular complexity index is 954. The SMILES string of the molecule is CC1(C)C(=O)NCCN1CC(=O)N1CCCc2cc(S(=O)(=O)N3CCCC3)ccc21. The van der Waals surface area contributed by atoms with Crippen molar-refractivity contribution in [2.45, 2.75) is 50.0 Å². The van der Waals surface area contributed by atoms with Crippen LogP contribution in [0.1, 0.15) is 38.7 Å². The Morgan fingerprint density at radius 1 is 1.10 bits per heavy atom. The normalized spacial score (nSPS) is 22.6. The summed E-state index contributed by atoms with van der Waals surface area (Å²) in [5, 5.41) is 2.85. The first-order valence-corrected chi connectivity index (χ1v) is 12.1. The fourth-order valence-electron chi connectivity index (χ4n) is 4.54. The minimum Gasteiger partial charge on any atom is -0.353 e. The topological polar surface area (TPSA) is 90.0 Å². The lowest BCUT2D eigenvalue weighted by molar-refractivity contribution is -0.136. The number of hydrogen-bond donors (Lipinski definition) is 1. The highest BCUT2D eigenvalue weighted by molar-refractivity contribution is 7.89. The fraction of sp³-hybridized carbons (Fsp3) is 0.619. The number of carbonyl (C=O) groups is 2. The zero-order valence-corrected chi connectivity index (χ0v) is 18.5. The Kier molecular flexibility index (Phi) is 5.63. The van der Waals surface area contributed by atoms with Gasteiger partial charge in [-0.15, -0.1) is 0 Å². The van der Waals surface area contributed by atoms with E-state index in [0.717, 1.165) is 36.9 Å². The van der Waals surface area contributed by atoms with Gasteiger partial charge < -0.3 is 10.2 Å². The van der Waals surface area contributed by atoms with E-state index >= 15 is 0 Å². The van der Waals surface area contributed by atoms with Crippen molar-refractivity contribution in [2.24, 2.45) is 0 Å². The second-order valence-corrected chi connectivity index (χ2v) is 10.7. The van der Waals surface area contributed by atoms with Crippen molar-refractivity contribution in [1.82, 2.24) is 14.5 Å². The van der Waals surface area contributed by atoms with Crippen molar-refractivity contribution in [3.63, 3.8) is 0 Å². The number of rotatable bonds is 4. The van der Waals surface area contributed by atoms with Gasteiger partial charge in [-0.2, -0.15) is 4.31 Å². The Morgan fingerprint density at radius 3 is 2.57 bits per heavy atom. The molecule has 9 heteroatoms. The molecule has 0 aromatic heterocycles. The van der Waals surface area contributed by atoms with E-state index in [1.165, 1.54) is 0 Å². The number of hydrogen-bond acceptors (Lipinski definition) is 5. The summed E-state index contributed by atoms with van der Waals surface area (Å²) in [6.07, 6.45) is 3.34. The number of piperazine rings is 1. The Hall–Kier alpha value is -1.97. The largest absolute Gasteiger partial charge is 0.353 e. The van der Waals surface area contributed by atoms with E-state index in [4.69, 9.17) is 0 Å². The molecule has 0 spiro atoms. The molecular formula is C21H30N4O4S. The zero-order chi connectivity index (χ0) is 21.5. The summed E-state index contributed by atoms with van der Waals surface area (Å²) in [5.41, 5.74) is 0.941. The van der Waals surface area contributed by atoms with Crippen LogP contribution >= 0.6 is 0 Å². The van der Waals surface area contributed by atoms with Crippen molar-refractivity contribution in [3.05, 3.63) is 23.8 Å². The molecule has 8 nitrogen and oxygen atoms in total. The molecule has 0 aliphatic carbocycles. The first-order valence-electron chi connectivity index (χ1n) is 10.7. The number of nitrogens with zero attached hydrogens (tertiary/aromatic N) is 3. The number of fused-ring (bicyclic) bond motifs is 1. The molecular weight excluding hydrogens is 404 g/mol. The van der Waals surface area contributed by atoms with Gasteiger partial charge in [0, 0.05) is 38.4 Å². The summed E-state index contributed by atoms with van der Waals surface area (Å²) in [4.78, 5) is 29.3. The number of aryl methyl sites for hydroxylation is 1. The molecule has 0 saturated carbocycles. The number of anilines is 1. The molecule has 1 aromatic rings. The minimum atomic E-state index is -3.48. The van der Waals surface area contributed by atoms with Crippen molar-refractivity contribution in [3.8, 4) is 0 Å². The van der Waals surface area contributed by atoms with Crippen molar-refractivity contribution in [1.29, 1.82) is 0 Å². The quantitative estimate of drug-likeness (QED) is 0.762. The van der Waals surface area contributed by atoms with Crippen LogP contribution in [0.4, 0.5) is 5.69 Å². The first-order chi connectivity index (χ1) is 14.2. The molecule has 0 unspecified atom stereocenters. The third kappa shape index (κ3) is 3.74. The molecule has 4 rings (SSSR count). The monoisotopic (exact) mass is 434 g/mol. The second-order valence-electron chi connectivity index (χ2n) is 8.79. The predicted molar refractivity (Wildman–Crippen MR) is 114 cm³/mol. The van der Waals surface area contributed by atoms with Crippen molar-refractivity contribution >= 4 is 27.5 Å². The maximum Gasteiger partial charge on any atom is 0.243 e. The average Bonchev–Trinajstić information content (AvgIpc) is 3.26. The number of nitrogens with one attached hydrogen (secondary N) is 1.